The smallest absolute Gasteiger partial charge is 0.239 e. The molecule has 0 fully saturated rings. The Morgan fingerprint density at radius 2 is 1.90 bits per heavy atom. The van der Waals surface area contributed by atoms with Gasteiger partial charge in [-0.2, -0.15) is 0 Å². The summed E-state index contributed by atoms with van der Waals surface area (Å²) >= 11 is 12.4. The average molecular weight is 306 g/mol. The molecule has 2 nitrogen and oxygen atoms in total. The predicted molar refractivity (Wildman–Crippen MR) is 82.7 cm³/mol. The van der Waals surface area contributed by atoms with Crippen LogP contribution in [0.1, 0.15) is 23.6 Å². The number of carbonyl (C=O) groups excluding carboxylic acids is 1. The number of halogens is 2. The zero-order valence-corrected chi connectivity index (χ0v) is 12.6. The Balaban J connectivity index is 2.28. The van der Waals surface area contributed by atoms with Crippen LogP contribution >= 0.6 is 23.2 Å². The first-order chi connectivity index (χ1) is 9.42. The topological polar surface area (TPSA) is 29.1 Å². The second-order valence-corrected chi connectivity index (χ2v) is 6.10. The second-order valence-electron chi connectivity index (χ2n) is 5.26. The van der Waals surface area contributed by atoms with E-state index in [1.54, 1.807) is 6.07 Å². The van der Waals surface area contributed by atoms with E-state index < -0.39 is 5.41 Å². The Hall–Kier alpha value is -1.51. The number of aryl methyl sites for hydroxylation is 1. The molecule has 1 aliphatic heterocycles. The van der Waals surface area contributed by atoms with E-state index in [-0.39, 0.29) is 5.91 Å². The fourth-order valence-electron chi connectivity index (χ4n) is 2.78. The minimum atomic E-state index is -0.814. The largest absolute Gasteiger partial charge is 0.325 e. The lowest BCUT2D eigenvalue weighted by atomic mass is 9.77. The van der Waals surface area contributed by atoms with Gasteiger partial charge in [0.1, 0.15) is 0 Å². The zero-order chi connectivity index (χ0) is 14.5. The van der Waals surface area contributed by atoms with Crippen LogP contribution < -0.4 is 5.32 Å². The Morgan fingerprint density at radius 3 is 2.60 bits per heavy atom. The first-order valence-electron chi connectivity index (χ1n) is 6.31. The predicted octanol–water partition coefficient (Wildman–Crippen LogP) is 4.56. The minimum Gasteiger partial charge on any atom is -0.325 e. The fraction of sp³-hybridized carbons (Fsp3) is 0.188. The highest BCUT2D eigenvalue weighted by molar-refractivity contribution is 6.33. The molecule has 0 radical (unpaired) electrons. The van der Waals surface area contributed by atoms with Gasteiger partial charge in [-0.05, 0) is 49.2 Å². The molecule has 1 heterocycles. The van der Waals surface area contributed by atoms with Crippen molar-refractivity contribution in [3.63, 3.8) is 0 Å². The third-order valence-electron chi connectivity index (χ3n) is 3.84. The summed E-state index contributed by atoms with van der Waals surface area (Å²) in [7, 11) is 0. The van der Waals surface area contributed by atoms with Gasteiger partial charge in [0.25, 0.3) is 0 Å². The number of hydrogen-bond donors (Lipinski definition) is 1. The third kappa shape index (κ3) is 1.83. The number of fused-ring (bicyclic) bond motifs is 1. The monoisotopic (exact) mass is 305 g/mol. The molecule has 102 valence electrons. The molecular weight excluding hydrogens is 293 g/mol. The van der Waals surface area contributed by atoms with Gasteiger partial charge >= 0.3 is 0 Å². The molecule has 20 heavy (non-hydrogen) atoms. The summed E-state index contributed by atoms with van der Waals surface area (Å²) in [6.45, 7) is 3.83. The molecule has 2 aromatic rings. The van der Waals surface area contributed by atoms with Crippen molar-refractivity contribution in [1.29, 1.82) is 0 Å². The first-order valence-corrected chi connectivity index (χ1v) is 7.06. The van der Waals surface area contributed by atoms with Crippen LogP contribution in [-0.4, -0.2) is 5.91 Å². The van der Waals surface area contributed by atoms with Gasteiger partial charge in [0.2, 0.25) is 5.91 Å². The van der Waals surface area contributed by atoms with E-state index in [0.717, 1.165) is 22.4 Å². The van der Waals surface area contributed by atoms with Crippen molar-refractivity contribution in [2.45, 2.75) is 19.3 Å². The SMILES string of the molecule is Cc1cc(Cl)c2c(c1)NC(=O)[C@@]2(C)c1cccc(Cl)c1. The molecule has 0 saturated carbocycles. The Kier molecular flexibility index (Phi) is 3.03. The van der Waals surface area contributed by atoms with Crippen molar-refractivity contribution in [3.8, 4) is 0 Å². The maximum atomic E-state index is 12.5. The van der Waals surface area contributed by atoms with Gasteiger partial charge in [-0.3, -0.25) is 4.79 Å². The summed E-state index contributed by atoms with van der Waals surface area (Å²) in [5, 5.41) is 4.12. The van der Waals surface area contributed by atoms with E-state index in [2.05, 4.69) is 5.32 Å². The summed E-state index contributed by atoms with van der Waals surface area (Å²) in [5.74, 6) is -0.0812. The van der Waals surface area contributed by atoms with Gasteiger partial charge < -0.3 is 5.32 Å². The molecular formula is C16H13Cl2NO. The van der Waals surface area contributed by atoms with Crippen LogP contribution in [0.4, 0.5) is 5.69 Å². The molecule has 0 aromatic heterocycles. The summed E-state index contributed by atoms with van der Waals surface area (Å²) in [6, 6.07) is 11.2. The van der Waals surface area contributed by atoms with Crippen LogP contribution in [0.3, 0.4) is 0 Å². The number of amides is 1. The Morgan fingerprint density at radius 1 is 1.15 bits per heavy atom. The van der Waals surface area contributed by atoms with Gasteiger partial charge in [-0.25, -0.2) is 0 Å². The number of hydrogen-bond acceptors (Lipinski definition) is 1. The van der Waals surface area contributed by atoms with Crippen LogP contribution in [-0.2, 0) is 10.2 Å². The maximum Gasteiger partial charge on any atom is 0.239 e. The number of rotatable bonds is 1. The van der Waals surface area contributed by atoms with E-state index in [4.69, 9.17) is 23.2 Å². The van der Waals surface area contributed by atoms with E-state index in [1.807, 2.05) is 44.2 Å². The van der Waals surface area contributed by atoms with Gasteiger partial charge in [0, 0.05) is 21.3 Å². The summed E-state index contributed by atoms with van der Waals surface area (Å²) < 4.78 is 0. The van der Waals surface area contributed by atoms with Crippen molar-refractivity contribution in [2.75, 3.05) is 5.32 Å². The van der Waals surface area contributed by atoms with Crippen molar-refractivity contribution >= 4 is 34.8 Å². The molecule has 0 spiro atoms. The van der Waals surface area contributed by atoms with Gasteiger partial charge in [0.05, 0.1) is 5.41 Å². The molecule has 1 aliphatic rings. The second kappa shape index (κ2) is 4.51. The summed E-state index contributed by atoms with van der Waals surface area (Å²) in [5.41, 5.74) is 2.64. The Bertz CT molecular complexity index is 726. The average Bonchev–Trinajstić information content (AvgIpc) is 2.62. The highest BCUT2D eigenvalue weighted by Crippen LogP contribution is 2.46. The molecule has 1 amide bonds. The normalized spacial score (nSPS) is 20.7. The lowest BCUT2D eigenvalue weighted by Crippen LogP contribution is -2.32. The summed E-state index contributed by atoms with van der Waals surface area (Å²) in [6.07, 6.45) is 0. The molecule has 1 atom stereocenters. The molecule has 4 heteroatoms. The molecule has 2 aromatic carbocycles. The molecule has 0 unspecified atom stereocenters. The number of anilines is 1. The number of benzene rings is 2. The van der Waals surface area contributed by atoms with E-state index >= 15 is 0 Å². The molecule has 1 N–H and O–H groups in total. The van der Waals surface area contributed by atoms with E-state index in [0.29, 0.717) is 10.0 Å². The lowest BCUT2D eigenvalue weighted by molar-refractivity contribution is -0.119. The third-order valence-corrected chi connectivity index (χ3v) is 4.37. The van der Waals surface area contributed by atoms with Crippen molar-refractivity contribution < 1.29 is 4.79 Å². The van der Waals surface area contributed by atoms with E-state index in [1.165, 1.54) is 0 Å². The zero-order valence-electron chi connectivity index (χ0n) is 11.1. The van der Waals surface area contributed by atoms with Gasteiger partial charge in [0.15, 0.2) is 0 Å². The number of nitrogens with one attached hydrogen (secondary N) is 1. The highest BCUT2D eigenvalue weighted by Gasteiger charge is 2.45. The molecule has 0 bridgehead atoms. The molecule has 0 aliphatic carbocycles. The van der Waals surface area contributed by atoms with Crippen LogP contribution in [0.5, 0.6) is 0 Å². The fourth-order valence-corrected chi connectivity index (χ4v) is 3.44. The van der Waals surface area contributed by atoms with Crippen LogP contribution in [0, 0.1) is 6.92 Å². The molecule has 0 saturated heterocycles. The maximum absolute atomic E-state index is 12.5. The summed E-state index contributed by atoms with van der Waals surface area (Å²) in [4.78, 5) is 12.5. The molecule has 3 rings (SSSR count). The van der Waals surface area contributed by atoms with Crippen LogP contribution in [0.15, 0.2) is 36.4 Å². The Labute approximate surface area is 127 Å². The van der Waals surface area contributed by atoms with Crippen LogP contribution in [0.25, 0.3) is 0 Å². The number of carbonyl (C=O) groups is 1. The minimum absolute atomic E-state index is 0.0812. The van der Waals surface area contributed by atoms with Crippen LogP contribution in [0.2, 0.25) is 10.0 Å². The van der Waals surface area contributed by atoms with Crippen molar-refractivity contribution in [2.24, 2.45) is 0 Å². The van der Waals surface area contributed by atoms with Crippen molar-refractivity contribution in [1.82, 2.24) is 0 Å². The first kappa shape index (κ1) is 13.5. The highest BCUT2D eigenvalue weighted by atomic mass is 35.5. The van der Waals surface area contributed by atoms with Gasteiger partial charge in [-0.15, -0.1) is 0 Å². The van der Waals surface area contributed by atoms with Crippen molar-refractivity contribution in [3.05, 3.63) is 63.1 Å². The standard InChI is InChI=1S/C16H13Cl2NO/c1-9-6-12(18)14-13(7-9)19-15(20)16(14,2)10-4-3-5-11(17)8-10/h3-8H,1-2H3,(H,19,20)/t16-/m0/s1. The lowest BCUT2D eigenvalue weighted by Gasteiger charge is -2.24. The quantitative estimate of drug-likeness (QED) is 0.822. The van der Waals surface area contributed by atoms with Gasteiger partial charge in [-0.1, -0.05) is 35.3 Å². The van der Waals surface area contributed by atoms with E-state index in [9.17, 15) is 4.79 Å².